The molecule has 50 heavy (non-hydrogen) atoms. The molecule has 2 aliphatic rings. The fourth-order valence-electron chi connectivity index (χ4n) is 6.07. The number of aromatic nitrogens is 1. The summed E-state index contributed by atoms with van der Waals surface area (Å²) in [6.07, 6.45) is 7.30. The van der Waals surface area contributed by atoms with Crippen LogP contribution in [0.3, 0.4) is 0 Å². The van der Waals surface area contributed by atoms with E-state index in [0.717, 1.165) is 65.9 Å². The van der Waals surface area contributed by atoms with E-state index in [0.29, 0.717) is 45.4 Å². The van der Waals surface area contributed by atoms with E-state index in [4.69, 9.17) is 48.4 Å². The number of rotatable bonds is 11. The largest absolute Gasteiger partial charge is 0.492 e. The molecule has 0 spiro atoms. The Hall–Kier alpha value is -4.33. The van der Waals surface area contributed by atoms with Crippen molar-refractivity contribution in [3.8, 4) is 34.4 Å². The van der Waals surface area contributed by atoms with Gasteiger partial charge in [0.05, 0.1) is 22.2 Å². The predicted molar refractivity (Wildman–Crippen MR) is 197 cm³/mol. The number of nitrogens with one attached hydrogen (secondary N) is 1. The third kappa shape index (κ3) is 9.89. The van der Waals surface area contributed by atoms with E-state index in [2.05, 4.69) is 41.3 Å². The van der Waals surface area contributed by atoms with Gasteiger partial charge in [-0.2, -0.15) is 5.26 Å². The van der Waals surface area contributed by atoms with Crippen molar-refractivity contribution in [3.05, 3.63) is 105 Å². The van der Waals surface area contributed by atoms with Gasteiger partial charge in [-0.3, -0.25) is 9.78 Å². The Kier molecular flexibility index (Phi) is 13.3. The van der Waals surface area contributed by atoms with Gasteiger partial charge in [-0.1, -0.05) is 53.5 Å². The Morgan fingerprint density at radius 3 is 2.50 bits per heavy atom. The molecule has 0 aliphatic carbocycles. The normalized spacial score (nSPS) is 15.8. The predicted octanol–water partition coefficient (Wildman–Crippen LogP) is 7.47. The highest BCUT2D eigenvalue weighted by Crippen LogP contribution is 2.39. The van der Waals surface area contributed by atoms with E-state index >= 15 is 0 Å². The summed E-state index contributed by atoms with van der Waals surface area (Å²) in [6, 6.07) is 19.4. The lowest BCUT2D eigenvalue weighted by atomic mass is 9.96. The molecule has 3 heterocycles. The molecule has 9 nitrogen and oxygen atoms in total. The average molecular weight is 717 g/mol. The van der Waals surface area contributed by atoms with Crippen molar-refractivity contribution in [2.24, 2.45) is 11.7 Å². The van der Waals surface area contributed by atoms with Gasteiger partial charge in [0.25, 0.3) is 0 Å². The van der Waals surface area contributed by atoms with E-state index < -0.39 is 0 Å². The summed E-state index contributed by atoms with van der Waals surface area (Å²) in [7, 11) is 2.16. The minimum absolute atomic E-state index is 0.204. The van der Waals surface area contributed by atoms with Crippen LogP contribution >= 0.6 is 23.2 Å². The molecule has 0 saturated carbocycles. The minimum atomic E-state index is 0.204. The first-order valence-electron chi connectivity index (χ1n) is 16.8. The molecule has 0 radical (unpaired) electrons. The standard InChI is InChI=1S/C35H36Cl2N4O3.C4H7NO/c1-23-27(7-3-8-29(23)30-9-4-10-32(35(30)37)42-20-24-6-5-11-41(2)19-24)22-44-34-14-33(28(16-39)13-31(34)36)43-21-26-12-25(15-38)17-40-18-26;6-4-2-1-3-5-4/h3-4,7-10,12-14,17-18,24H,5-6,11,16,19-22,39H2,1-2H3;1-3H2,(H,5,6). The molecule has 6 rings (SSSR count). The Balaban J connectivity index is 0.000000732. The molecular formula is C39H43Cl2N5O4. The monoisotopic (exact) mass is 715 g/mol. The zero-order chi connectivity index (χ0) is 35.5. The fraction of sp³-hybridized carbons (Fsp3) is 0.359. The Morgan fingerprint density at radius 1 is 0.980 bits per heavy atom. The number of nitrogens with zero attached hydrogens (tertiary/aromatic N) is 3. The number of carbonyl (C=O) groups excluding carboxylic acids is 1. The summed E-state index contributed by atoms with van der Waals surface area (Å²) in [5.41, 5.74) is 11.9. The second-order valence-electron chi connectivity index (χ2n) is 12.6. The molecule has 3 aromatic carbocycles. The van der Waals surface area contributed by atoms with Gasteiger partial charge in [0.2, 0.25) is 5.91 Å². The van der Waals surface area contributed by atoms with Crippen molar-refractivity contribution in [1.29, 1.82) is 5.26 Å². The zero-order valence-electron chi connectivity index (χ0n) is 28.5. The first kappa shape index (κ1) is 36.9. The van der Waals surface area contributed by atoms with Crippen LogP contribution in [0.5, 0.6) is 17.2 Å². The number of amides is 1. The number of ether oxygens (including phenoxy) is 3. The first-order chi connectivity index (χ1) is 24.2. The van der Waals surface area contributed by atoms with Crippen molar-refractivity contribution in [2.45, 2.75) is 52.4 Å². The van der Waals surface area contributed by atoms with E-state index in [1.54, 1.807) is 24.4 Å². The molecule has 2 aliphatic heterocycles. The summed E-state index contributed by atoms with van der Waals surface area (Å²) < 4.78 is 18.5. The van der Waals surface area contributed by atoms with Crippen LogP contribution in [0.15, 0.2) is 67.0 Å². The molecule has 262 valence electrons. The number of likely N-dealkylation sites (tertiary alicyclic amines) is 1. The van der Waals surface area contributed by atoms with E-state index in [9.17, 15) is 4.79 Å². The van der Waals surface area contributed by atoms with Gasteiger partial charge in [0, 0.05) is 67.1 Å². The quantitative estimate of drug-likeness (QED) is 0.164. The Morgan fingerprint density at radius 2 is 1.78 bits per heavy atom. The van der Waals surface area contributed by atoms with E-state index in [-0.39, 0.29) is 25.7 Å². The summed E-state index contributed by atoms with van der Waals surface area (Å²) in [5.74, 6) is 2.44. The first-order valence-corrected chi connectivity index (χ1v) is 17.6. The van der Waals surface area contributed by atoms with Crippen molar-refractivity contribution in [3.63, 3.8) is 0 Å². The topological polar surface area (TPSA) is 123 Å². The van der Waals surface area contributed by atoms with Crippen LogP contribution in [0, 0.1) is 24.2 Å². The lowest BCUT2D eigenvalue weighted by Crippen LogP contribution is -2.34. The summed E-state index contributed by atoms with van der Waals surface area (Å²) >= 11 is 13.5. The van der Waals surface area contributed by atoms with Gasteiger partial charge in [0.15, 0.2) is 0 Å². The van der Waals surface area contributed by atoms with Crippen molar-refractivity contribution < 1.29 is 19.0 Å². The molecule has 1 aromatic heterocycles. The second-order valence-corrected chi connectivity index (χ2v) is 13.4. The number of nitrogens with two attached hydrogens (primary N) is 1. The molecule has 1 amide bonds. The highest BCUT2D eigenvalue weighted by atomic mass is 35.5. The number of hydrogen-bond donors (Lipinski definition) is 2. The molecule has 2 fully saturated rings. The van der Waals surface area contributed by atoms with Gasteiger partial charge in [0.1, 0.15) is 36.5 Å². The number of carbonyl (C=O) groups is 1. The zero-order valence-corrected chi connectivity index (χ0v) is 30.0. The third-order valence-corrected chi connectivity index (χ3v) is 9.52. The maximum atomic E-state index is 10.1. The van der Waals surface area contributed by atoms with Gasteiger partial charge in [-0.05, 0) is 74.7 Å². The van der Waals surface area contributed by atoms with Gasteiger partial charge in [-0.15, -0.1) is 0 Å². The number of halogens is 2. The molecule has 3 N–H and O–H groups in total. The van der Waals surface area contributed by atoms with Crippen LogP contribution in [0.25, 0.3) is 11.1 Å². The number of benzene rings is 3. The number of hydrogen-bond acceptors (Lipinski definition) is 8. The summed E-state index contributed by atoms with van der Waals surface area (Å²) in [5, 5.41) is 12.9. The fourth-order valence-corrected chi connectivity index (χ4v) is 6.59. The van der Waals surface area contributed by atoms with Gasteiger partial charge < -0.3 is 30.2 Å². The van der Waals surface area contributed by atoms with Crippen LogP contribution in [-0.4, -0.2) is 49.1 Å². The maximum Gasteiger partial charge on any atom is 0.220 e. The number of piperidine rings is 1. The summed E-state index contributed by atoms with van der Waals surface area (Å²) in [4.78, 5) is 16.6. The Labute approximate surface area is 304 Å². The van der Waals surface area contributed by atoms with E-state index in [1.165, 1.54) is 19.0 Å². The smallest absolute Gasteiger partial charge is 0.220 e. The van der Waals surface area contributed by atoms with Gasteiger partial charge in [-0.25, -0.2) is 0 Å². The summed E-state index contributed by atoms with van der Waals surface area (Å²) in [6.45, 7) is 6.54. The lowest BCUT2D eigenvalue weighted by molar-refractivity contribution is -0.119. The minimum Gasteiger partial charge on any atom is -0.492 e. The molecule has 1 atom stereocenters. The molecule has 2 saturated heterocycles. The second kappa shape index (κ2) is 18.1. The van der Waals surface area contributed by atoms with Crippen LogP contribution in [0.4, 0.5) is 0 Å². The van der Waals surface area contributed by atoms with Crippen LogP contribution < -0.4 is 25.3 Å². The molecular weight excluding hydrogens is 673 g/mol. The van der Waals surface area contributed by atoms with Crippen molar-refractivity contribution in [1.82, 2.24) is 15.2 Å². The Bertz CT molecular complexity index is 1820. The molecule has 1 unspecified atom stereocenters. The van der Waals surface area contributed by atoms with Crippen LogP contribution in [0.1, 0.15) is 53.5 Å². The van der Waals surface area contributed by atoms with Crippen LogP contribution in [-0.2, 0) is 24.6 Å². The molecule has 0 bridgehead atoms. The van der Waals surface area contributed by atoms with Crippen molar-refractivity contribution in [2.75, 3.05) is 33.3 Å². The SMILES string of the molecule is Cc1c(COc2cc(OCc3cncc(C#N)c3)c(CN)cc2Cl)cccc1-c1cccc(OCC2CCCN(C)C2)c1Cl.O=C1CCCN1. The average Bonchev–Trinajstić information content (AvgIpc) is 3.61. The van der Waals surface area contributed by atoms with Gasteiger partial charge >= 0.3 is 0 Å². The lowest BCUT2D eigenvalue weighted by Gasteiger charge is -2.29. The maximum absolute atomic E-state index is 10.1. The third-order valence-electron chi connectivity index (χ3n) is 8.84. The number of nitriles is 1. The van der Waals surface area contributed by atoms with E-state index in [1.807, 2.05) is 30.3 Å². The number of pyridine rings is 1. The highest BCUT2D eigenvalue weighted by Gasteiger charge is 2.20. The molecule has 4 aromatic rings. The highest BCUT2D eigenvalue weighted by molar-refractivity contribution is 6.35. The van der Waals surface area contributed by atoms with Crippen molar-refractivity contribution >= 4 is 29.1 Å². The van der Waals surface area contributed by atoms with Crippen LogP contribution in [0.2, 0.25) is 10.0 Å². The molecule has 11 heteroatoms.